The number of aromatic hydroxyl groups is 1. The van der Waals surface area contributed by atoms with Gasteiger partial charge in [0.2, 0.25) is 5.91 Å². The van der Waals surface area contributed by atoms with Crippen molar-refractivity contribution in [2.45, 2.75) is 19.8 Å². The van der Waals surface area contributed by atoms with Crippen molar-refractivity contribution in [3.8, 4) is 28.6 Å². The van der Waals surface area contributed by atoms with E-state index in [1.807, 2.05) is 31.2 Å². The van der Waals surface area contributed by atoms with Crippen LogP contribution in [-0.2, 0) is 4.79 Å². The first-order valence-corrected chi connectivity index (χ1v) is 9.41. The average Bonchev–Trinajstić information content (AvgIpc) is 2.73. The number of anilines is 1. The number of nitrogens with one attached hydrogen (secondary N) is 1. The van der Waals surface area contributed by atoms with Crippen molar-refractivity contribution in [2.75, 3.05) is 18.5 Å². The quantitative estimate of drug-likeness (QED) is 0.533. The molecule has 0 aliphatic carbocycles. The summed E-state index contributed by atoms with van der Waals surface area (Å²) < 4.78 is 11.2. The lowest BCUT2D eigenvalue weighted by molar-refractivity contribution is -0.116. The predicted molar refractivity (Wildman–Crippen MR) is 110 cm³/mol. The molecule has 0 bridgehead atoms. The number of hydrogen-bond acceptors (Lipinski definition) is 6. The summed E-state index contributed by atoms with van der Waals surface area (Å²) in [5.74, 6) is 1.85. The van der Waals surface area contributed by atoms with Crippen molar-refractivity contribution in [3.05, 3.63) is 60.9 Å². The van der Waals surface area contributed by atoms with E-state index in [4.69, 9.17) is 9.47 Å². The molecule has 2 aromatic carbocycles. The lowest BCUT2D eigenvalue weighted by Crippen LogP contribution is -2.13. The van der Waals surface area contributed by atoms with E-state index in [1.165, 1.54) is 0 Å². The largest absolute Gasteiger partial charge is 0.508 e. The van der Waals surface area contributed by atoms with Crippen molar-refractivity contribution in [2.24, 2.45) is 0 Å². The number of carbonyl (C=O) groups excluding carboxylic acids is 1. The number of nitrogens with zero attached hydrogens (tertiary/aromatic N) is 2. The van der Waals surface area contributed by atoms with Crippen LogP contribution < -0.4 is 14.8 Å². The van der Waals surface area contributed by atoms with Gasteiger partial charge in [0.15, 0.2) is 17.3 Å². The van der Waals surface area contributed by atoms with Gasteiger partial charge in [-0.15, -0.1) is 0 Å². The minimum absolute atomic E-state index is 0.139. The van der Waals surface area contributed by atoms with Crippen molar-refractivity contribution in [1.82, 2.24) is 9.97 Å². The van der Waals surface area contributed by atoms with Gasteiger partial charge in [-0.2, -0.15) is 0 Å². The molecular formula is C22H23N3O4. The van der Waals surface area contributed by atoms with Crippen LogP contribution in [0.25, 0.3) is 11.4 Å². The number of para-hydroxylation sites is 2. The van der Waals surface area contributed by atoms with Gasteiger partial charge in [0.1, 0.15) is 5.75 Å². The number of hydrogen-bond donors (Lipinski definition) is 2. The first-order valence-electron chi connectivity index (χ1n) is 9.41. The van der Waals surface area contributed by atoms with E-state index in [9.17, 15) is 9.90 Å². The molecule has 1 heterocycles. The monoisotopic (exact) mass is 393 g/mol. The Morgan fingerprint density at radius 2 is 1.76 bits per heavy atom. The Morgan fingerprint density at radius 1 is 1.03 bits per heavy atom. The molecule has 0 saturated heterocycles. The average molecular weight is 393 g/mol. The molecule has 1 amide bonds. The Morgan fingerprint density at radius 3 is 2.45 bits per heavy atom. The third kappa shape index (κ3) is 5.93. The second kappa shape index (κ2) is 10.1. The number of amides is 1. The summed E-state index contributed by atoms with van der Waals surface area (Å²) in [4.78, 5) is 20.6. The van der Waals surface area contributed by atoms with Crippen LogP contribution in [0.2, 0.25) is 0 Å². The maximum Gasteiger partial charge on any atom is 0.224 e. The molecule has 0 radical (unpaired) electrons. The zero-order chi connectivity index (χ0) is 20.5. The maximum absolute atomic E-state index is 12.1. The highest BCUT2D eigenvalue weighted by Crippen LogP contribution is 2.26. The summed E-state index contributed by atoms with van der Waals surface area (Å²) in [6.45, 7) is 2.89. The molecule has 7 heteroatoms. The number of carbonyl (C=O) groups is 1. The standard InChI is InChI=1S/C22H23N3O4/c1-2-28-19-9-3-4-10-20(19)29-12-6-11-21(27)25-17-14-23-22(24-15-17)16-7-5-8-18(26)13-16/h3-5,7-10,13-15,26H,2,6,11-12H2,1H3,(H,25,27). The SMILES string of the molecule is CCOc1ccccc1OCCCC(=O)Nc1cnc(-c2cccc(O)c2)nc1. The van der Waals surface area contributed by atoms with Gasteiger partial charge >= 0.3 is 0 Å². The summed E-state index contributed by atoms with van der Waals surface area (Å²) in [6.07, 6.45) is 3.96. The Kier molecular flexibility index (Phi) is 7.00. The Balaban J connectivity index is 1.45. The van der Waals surface area contributed by atoms with Gasteiger partial charge in [-0.1, -0.05) is 24.3 Å². The number of phenols is 1. The summed E-state index contributed by atoms with van der Waals surface area (Å²) >= 11 is 0. The van der Waals surface area contributed by atoms with Gasteiger partial charge in [-0.25, -0.2) is 9.97 Å². The van der Waals surface area contributed by atoms with Crippen molar-refractivity contribution >= 4 is 11.6 Å². The second-order valence-corrected chi connectivity index (χ2v) is 6.23. The van der Waals surface area contributed by atoms with Gasteiger partial charge in [-0.3, -0.25) is 4.79 Å². The van der Waals surface area contributed by atoms with Gasteiger partial charge in [-0.05, 0) is 37.6 Å². The Bertz CT molecular complexity index is 945. The zero-order valence-corrected chi connectivity index (χ0v) is 16.2. The fourth-order valence-electron chi connectivity index (χ4n) is 2.67. The van der Waals surface area contributed by atoms with E-state index in [0.717, 1.165) is 0 Å². The minimum Gasteiger partial charge on any atom is -0.508 e. The van der Waals surface area contributed by atoms with E-state index in [-0.39, 0.29) is 11.7 Å². The van der Waals surface area contributed by atoms with Gasteiger partial charge in [0, 0.05) is 12.0 Å². The summed E-state index contributed by atoms with van der Waals surface area (Å²) in [5.41, 5.74) is 1.22. The van der Waals surface area contributed by atoms with Crippen LogP contribution in [0.3, 0.4) is 0 Å². The zero-order valence-electron chi connectivity index (χ0n) is 16.2. The molecule has 0 atom stereocenters. The van der Waals surface area contributed by atoms with Crippen LogP contribution in [0.5, 0.6) is 17.2 Å². The summed E-state index contributed by atoms with van der Waals surface area (Å²) in [5, 5.41) is 12.3. The highest BCUT2D eigenvalue weighted by Gasteiger charge is 2.07. The van der Waals surface area contributed by atoms with E-state index in [2.05, 4.69) is 15.3 Å². The lowest BCUT2D eigenvalue weighted by Gasteiger charge is -2.11. The van der Waals surface area contributed by atoms with Crippen LogP contribution in [-0.4, -0.2) is 34.2 Å². The third-order valence-electron chi connectivity index (χ3n) is 3.99. The predicted octanol–water partition coefficient (Wildman–Crippen LogP) is 4.05. The van der Waals surface area contributed by atoms with E-state index < -0.39 is 0 Å². The molecule has 2 N–H and O–H groups in total. The van der Waals surface area contributed by atoms with Crippen LogP contribution in [0, 0.1) is 0 Å². The topological polar surface area (TPSA) is 93.6 Å². The molecule has 150 valence electrons. The lowest BCUT2D eigenvalue weighted by atomic mass is 10.2. The third-order valence-corrected chi connectivity index (χ3v) is 3.99. The molecule has 1 aromatic heterocycles. The van der Waals surface area contributed by atoms with Gasteiger partial charge < -0.3 is 19.9 Å². The normalized spacial score (nSPS) is 10.4. The van der Waals surface area contributed by atoms with E-state index >= 15 is 0 Å². The fraction of sp³-hybridized carbons (Fsp3) is 0.227. The van der Waals surface area contributed by atoms with Crippen LogP contribution in [0.1, 0.15) is 19.8 Å². The Hall–Kier alpha value is -3.61. The smallest absolute Gasteiger partial charge is 0.224 e. The number of ether oxygens (including phenoxy) is 2. The molecule has 0 saturated carbocycles. The molecule has 29 heavy (non-hydrogen) atoms. The molecule has 0 fully saturated rings. The molecule has 3 rings (SSSR count). The molecule has 0 spiro atoms. The van der Waals surface area contributed by atoms with Crippen molar-refractivity contribution < 1.29 is 19.4 Å². The van der Waals surface area contributed by atoms with Gasteiger partial charge in [0.05, 0.1) is 31.3 Å². The number of aromatic nitrogens is 2. The highest BCUT2D eigenvalue weighted by molar-refractivity contribution is 5.90. The fourth-order valence-corrected chi connectivity index (χ4v) is 2.67. The number of rotatable bonds is 9. The van der Waals surface area contributed by atoms with Crippen LogP contribution in [0.15, 0.2) is 60.9 Å². The van der Waals surface area contributed by atoms with Gasteiger partial charge in [0.25, 0.3) is 0 Å². The maximum atomic E-state index is 12.1. The highest BCUT2D eigenvalue weighted by atomic mass is 16.5. The molecule has 3 aromatic rings. The summed E-state index contributed by atoms with van der Waals surface area (Å²) in [6, 6.07) is 14.1. The first kappa shape index (κ1) is 20.1. The van der Waals surface area contributed by atoms with E-state index in [0.29, 0.717) is 54.6 Å². The minimum atomic E-state index is -0.139. The number of phenolic OH excluding ortho intramolecular Hbond substituents is 1. The van der Waals surface area contributed by atoms with Crippen LogP contribution >= 0.6 is 0 Å². The summed E-state index contributed by atoms with van der Waals surface area (Å²) in [7, 11) is 0. The van der Waals surface area contributed by atoms with Crippen molar-refractivity contribution in [1.29, 1.82) is 0 Å². The van der Waals surface area contributed by atoms with Crippen LogP contribution in [0.4, 0.5) is 5.69 Å². The second-order valence-electron chi connectivity index (χ2n) is 6.23. The Labute approximate surface area is 169 Å². The molecule has 7 nitrogen and oxygen atoms in total. The first-order chi connectivity index (χ1) is 14.2. The number of benzene rings is 2. The van der Waals surface area contributed by atoms with Crippen molar-refractivity contribution in [3.63, 3.8) is 0 Å². The molecular weight excluding hydrogens is 370 g/mol. The molecule has 0 aliphatic heterocycles. The molecule has 0 aliphatic rings. The van der Waals surface area contributed by atoms with E-state index in [1.54, 1.807) is 36.7 Å². The molecule has 0 unspecified atom stereocenters.